The van der Waals surface area contributed by atoms with Gasteiger partial charge >= 0.3 is 0 Å². The van der Waals surface area contributed by atoms with Crippen LogP contribution >= 0.6 is 0 Å². The summed E-state index contributed by atoms with van der Waals surface area (Å²) in [5.74, 6) is 2.25. The summed E-state index contributed by atoms with van der Waals surface area (Å²) < 4.78 is 5.40. The minimum absolute atomic E-state index is 0.490. The summed E-state index contributed by atoms with van der Waals surface area (Å²) in [4.78, 5) is 6.96. The zero-order valence-corrected chi connectivity index (χ0v) is 11.4. The Labute approximate surface area is 113 Å². The number of hydrogen-bond acceptors (Lipinski definition) is 5. The molecule has 3 heterocycles. The first-order chi connectivity index (χ1) is 9.35. The lowest BCUT2D eigenvalue weighted by molar-refractivity contribution is 0.165. The first-order valence-electron chi connectivity index (χ1n) is 7.64. The van der Waals surface area contributed by atoms with Gasteiger partial charge in [-0.05, 0) is 62.2 Å². The van der Waals surface area contributed by atoms with Crippen LogP contribution in [0.25, 0.3) is 0 Å². The lowest BCUT2D eigenvalue weighted by atomic mass is 9.73. The van der Waals surface area contributed by atoms with Crippen LogP contribution in [0.4, 0.5) is 5.95 Å². The normalized spacial score (nSPS) is 26.8. The highest BCUT2D eigenvalue weighted by atomic mass is 16.5. The molecule has 5 nitrogen and oxygen atoms in total. The Kier molecular flexibility index (Phi) is 2.76. The van der Waals surface area contributed by atoms with Crippen molar-refractivity contribution >= 4 is 5.95 Å². The number of piperidine rings is 2. The van der Waals surface area contributed by atoms with Gasteiger partial charge in [0.1, 0.15) is 0 Å². The summed E-state index contributed by atoms with van der Waals surface area (Å²) in [6, 6.07) is 0. The van der Waals surface area contributed by atoms with E-state index in [4.69, 9.17) is 4.52 Å². The van der Waals surface area contributed by atoms with Gasteiger partial charge in [-0.2, -0.15) is 4.98 Å². The maximum Gasteiger partial charge on any atom is 0.266 e. The first-order valence-corrected chi connectivity index (χ1v) is 7.64. The summed E-state index contributed by atoms with van der Waals surface area (Å²) in [6.45, 7) is 4.51. The Morgan fingerprint density at radius 2 is 2.05 bits per heavy atom. The van der Waals surface area contributed by atoms with Gasteiger partial charge in [0.2, 0.25) is 5.89 Å². The lowest BCUT2D eigenvalue weighted by Crippen LogP contribution is -2.48. The Balaban J connectivity index is 1.50. The van der Waals surface area contributed by atoms with Gasteiger partial charge in [-0.3, -0.25) is 0 Å². The second-order valence-electron chi connectivity index (χ2n) is 6.48. The topological polar surface area (TPSA) is 54.2 Å². The van der Waals surface area contributed by atoms with Crippen LogP contribution in [0.1, 0.15) is 50.3 Å². The molecule has 0 unspecified atom stereocenters. The summed E-state index contributed by atoms with van der Waals surface area (Å²) in [6.07, 6.45) is 7.63. The molecule has 1 aliphatic carbocycles. The molecule has 1 saturated carbocycles. The molecular formula is C14H22N4O. The fourth-order valence-corrected chi connectivity index (χ4v) is 3.60. The smallest absolute Gasteiger partial charge is 0.266 e. The SMILES string of the molecule is C1CN(c2noc(C3CC3)n2)CC2(C1)CCNCC2. The molecule has 4 rings (SSSR count). The number of nitrogens with zero attached hydrogens (tertiary/aromatic N) is 3. The van der Waals surface area contributed by atoms with Gasteiger partial charge in [0.15, 0.2) is 0 Å². The van der Waals surface area contributed by atoms with Gasteiger partial charge in [-0.15, -0.1) is 0 Å². The fourth-order valence-electron chi connectivity index (χ4n) is 3.60. The highest BCUT2D eigenvalue weighted by Gasteiger charge is 2.38. The second-order valence-corrected chi connectivity index (χ2v) is 6.48. The molecule has 1 N–H and O–H groups in total. The third kappa shape index (κ3) is 2.24. The van der Waals surface area contributed by atoms with Crippen LogP contribution in [0.3, 0.4) is 0 Å². The molecule has 0 bridgehead atoms. The second kappa shape index (κ2) is 4.47. The number of aromatic nitrogens is 2. The van der Waals surface area contributed by atoms with E-state index in [2.05, 4.69) is 20.4 Å². The van der Waals surface area contributed by atoms with Crippen molar-refractivity contribution in [2.75, 3.05) is 31.1 Å². The Morgan fingerprint density at radius 3 is 2.84 bits per heavy atom. The molecule has 0 aromatic carbocycles. The maximum atomic E-state index is 5.40. The van der Waals surface area contributed by atoms with Crippen LogP contribution in [0.5, 0.6) is 0 Å². The van der Waals surface area contributed by atoms with E-state index in [0.29, 0.717) is 11.3 Å². The van der Waals surface area contributed by atoms with Gasteiger partial charge in [0.25, 0.3) is 5.95 Å². The van der Waals surface area contributed by atoms with E-state index in [1.54, 1.807) is 0 Å². The van der Waals surface area contributed by atoms with Gasteiger partial charge in [-0.1, -0.05) is 0 Å². The van der Waals surface area contributed by atoms with Gasteiger partial charge in [-0.25, -0.2) is 0 Å². The largest absolute Gasteiger partial charge is 0.338 e. The number of anilines is 1. The Hall–Kier alpha value is -1.10. The molecule has 3 aliphatic rings. The Bertz CT molecular complexity index is 443. The van der Waals surface area contributed by atoms with Crippen molar-refractivity contribution in [3.05, 3.63) is 5.89 Å². The van der Waals surface area contributed by atoms with Crippen molar-refractivity contribution in [3.63, 3.8) is 0 Å². The van der Waals surface area contributed by atoms with Crippen molar-refractivity contribution in [2.24, 2.45) is 5.41 Å². The quantitative estimate of drug-likeness (QED) is 0.882. The van der Waals surface area contributed by atoms with Crippen LogP contribution in [0, 0.1) is 5.41 Å². The van der Waals surface area contributed by atoms with Crippen LogP contribution in [-0.4, -0.2) is 36.3 Å². The predicted octanol–water partition coefficient (Wildman–Crippen LogP) is 1.92. The summed E-state index contributed by atoms with van der Waals surface area (Å²) in [7, 11) is 0. The van der Waals surface area contributed by atoms with Crippen molar-refractivity contribution in [2.45, 2.75) is 44.4 Å². The Morgan fingerprint density at radius 1 is 1.21 bits per heavy atom. The van der Waals surface area contributed by atoms with Gasteiger partial charge in [0.05, 0.1) is 0 Å². The molecule has 1 aromatic rings. The minimum atomic E-state index is 0.490. The van der Waals surface area contributed by atoms with E-state index in [1.807, 2.05) is 0 Å². The highest BCUT2D eigenvalue weighted by Crippen LogP contribution is 2.41. The molecule has 2 saturated heterocycles. The number of rotatable bonds is 2. The van der Waals surface area contributed by atoms with E-state index in [1.165, 1.54) is 38.5 Å². The monoisotopic (exact) mass is 262 g/mol. The standard InChI is InChI=1S/C14H22N4O/c1-4-14(5-7-15-8-6-14)10-18(9-1)13-16-12(19-17-13)11-2-3-11/h11,15H,1-10H2. The van der Waals surface area contributed by atoms with Crippen molar-refractivity contribution in [1.82, 2.24) is 15.5 Å². The van der Waals surface area contributed by atoms with Crippen molar-refractivity contribution in [1.29, 1.82) is 0 Å². The summed E-state index contributed by atoms with van der Waals surface area (Å²) >= 11 is 0. The molecule has 104 valence electrons. The van der Waals surface area contributed by atoms with E-state index in [9.17, 15) is 0 Å². The molecule has 3 fully saturated rings. The minimum Gasteiger partial charge on any atom is -0.338 e. The first kappa shape index (κ1) is 11.7. The molecule has 0 amide bonds. The van der Waals surface area contributed by atoms with Gasteiger partial charge < -0.3 is 14.7 Å². The molecule has 19 heavy (non-hydrogen) atoms. The van der Waals surface area contributed by atoms with Crippen LogP contribution in [-0.2, 0) is 0 Å². The van der Waals surface area contributed by atoms with Crippen LogP contribution in [0.15, 0.2) is 4.52 Å². The predicted molar refractivity (Wildman–Crippen MR) is 72.3 cm³/mol. The lowest BCUT2D eigenvalue weighted by Gasteiger charge is -2.45. The van der Waals surface area contributed by atoms with E-state index in [0.717, 1.165) is 38.0 Å². The molecule has 1 aromatic heterocycles. The highest BCUT2D eigenvalue weighted by molar-refractivity contribution is 5.30. The van der Waals surface area contributed by atoms with Gasteiger partial charge in [0, 0.05) is 19.0 Å². The number of hydrogen-bond donors (Lipinski definition) is 1. The fraction of sp³-hybridized carbons (Fsp3) is 0.857. The molecule has 1 spiro atoms. The molecule has 2 aliphatic heterocycles. The average Bonchev–Trinajstić information content (AvgIpc) is 3.17. The zero-order valence-electron chi connectivity index (χ0n) is 11.4. The van der Waals surface area contributed by atoms with Crippen molar-refractivity contribution in [3.8, 4) is 0 Å². The summed E-state index contributed by atoms with van der Waals surface area (Å²) in [5.41, 5.74) is 0.490. The number of nitrogens with one attached hydrogen (secondary N) is 1. The average molecular weight is 262 g/mol. The van der Waals surface area contributed by atoms with E-state index < -0.39 is 0 Å². The van der Waals surface area contributed by atoms with E-state index in [-0.39, 0.29) is 0 Å². The molecule has 5 heteroatoms. The molecular weight excluding hydrogens is 240 g/mol. The van der Waals surface area contributed by atoms with Crippen molar-refractivity contribution < 1.29 is 4.52 Å². The molecule has 0 radical (unpaired) electrons. The zero-order chi connectivity index (χ0) is 12.7. The third-order valence-electron chi connectivity index (χ3n) is 4.97. The van der Waals surface area contributed by atoms with E-state index >= 15 is 0 Å². The van der Waals surface area contributed by atoms with Crippen LogP contribution < -0.4 is 10.2 Å². The molecule has 0 atom stereocenters. The van der Waals surface area contributed by atoms with Crippen LogP contribution in [0.2, 0.25) is 0 Å². The third-order valence-corrected chi connectivity index (χ3v) is 4.97. The summed E-state index contributed by atoms with van der Waals surface area (Å²) in [5, 5.41) is 7.67. The maximum absolute atomic E-state index is 5.40.